The minimum atomic E-state index is -0.142. The lowest BCUT2D eigenvalue weighted by atomic mass is 10.1. The molecule has 3 nitrogen and oxygen atoms in total. The highest BCUT2D eigenvalue weighted by Gasteiger charge is 2.17. The van der Waals surface area contributed by atoms with Gasteiger partial charge in [-0.25, -0.2) is 0 Å². The number of hydrogen-bond donors (Lipinski definition) is 2. The first kappa shape index (κ1) is 19.2. The van der Waals surface area contributed by atoms with Crippen molar-refractivity contribution in [2.75, 3.05) is 11.6 Å². The van der Waals surface area contributed by atoms with Crippen molar-refractivity contribution in [3.8, 4) is 0 Å². The van der Waals surface area contributed by atoms with E-state index >= 15 is 0 Å². The lowest BCUT2D eigenvalue weighted by Gasteiger charge is -2.15. The van der Waals surface area contributed by atoms with Gasteiger partial charge in [-0.3, -0.25) is 4.79 Å². The van der Waals surface area contributed by atoms with Crippen molar-refractivity contribution in [1.29, 1.82) is 0 Å². The van der Waals surface area contributed by atoms with Crippen LogP contribution < -0.4 is 10.7 Å². The van der Waals surface area contributed by atoms with Crippen molar-refractivity contribution in [2.24, 2.45) is 0 Å². The number of aromatic nitrogens is 1. The summed E-state index contributed by atoms with van der Waals surface area (Å²) in [5.74, 6) is 0. The van der Waals surface area contributed by atoms with Crippen molar-refractivity contribution in [2.45, 2.75) is 11.9 Å². The number of thioether (sulfide) groups is 1. The Morgan fingerprint density at radius 3 is 2.54 bits per heavy atom. The number of pyridine rings is 1. The van der Waals surface area contributed by atoms with E-state index in [-0.39, 0.29) is 5.43 Å². The first-order chi connectivity index (χ1) is 12.3. The minimum Gasteiger partial charge on any atom is -0.354 e. The van der Waals surface area contributed by atoms with Crippen LogP contribution in [-0.2, 0) is 0 Å². The van der Waals surface area contributed by atoms with E-state index in [4.69, 9.17) is 34.8 Å². The number of anilines is 1. The Kier molecular flexibility index (Phi) is 5.58. The topological polar surface area (TPSA) is 44.9 Å². The molecule has 134 valence electrons. The van der Waals surface area contributed by atoms with E-state index in [0.717, 1.165) is 5.56 Å². The first-order valence-electron chi connectivity index (χ1n) is 7.63. The van der Waals surface area contributed by atoms with E-state index in [1.165, 1.54) is 11.8 Å². The number of benzene rings is 2. The van der Waals surface area contributed by atoms with Crippen molar-refractivity contribution < 1.29 is 0 Å². The maximum absolute atomic E-state index is 13.1. The fourth-order valence-corrected chi connectivity index (χ4v) is 4.11. The number of rotatable bonds is 4. The number of fused-ring (bicyclic) bond motifs is 1. The third kappa shape index (κ3) is 3.60. The summed E-state index contributed by atoms with van der Waals surface area (Å²) in [5.41, 5.74) is 2.91. The molecular weight excluding hydrogens is 411 g/mol. The molecule has 0 aliphatic carbocycles. The van der Waals surface area contributed by atoms with Gasteiger partial charge in [0.1, 0.15) is 0 Å². The molecule has 0 radical (unpaired) electrons. The largest absolute Gasteiger partial charge is 0.354 e. The molecule has 3 aromatic rings. The molecule has 0 fully saturated rings. The second-order valence-electron chi connectivity index (χ2n) is 5.76. The molecular formula is C19H15Cl3N2OS. The van der Waals surface area contributed by atoms with Crippen molar-refractivity contribution in [3.63, 3.8) is 0 Å². The maximum Gasteiger partial charge on any atom is 0.199 e. The second-order valence-corrected chi connectivity index (χ2v) is 7.83. The van der Waals surface area contributed by atoms with Crippen LogP contribution in [0.2, 0.25) is 15.1 Å². The number of nitrogens with one attached hydrogen (secondary N) is 2. The van der Waals surface area contributed by atoms with Gasteiger partial charge in [-0.15, -0.1) is 11.8 Å². The molecule has 26 heavy (non-hydrogen) atoms. The number of H-pyrrole nitrogens is 1. The lowest BCUT2D eigenvalue weighted by Crippen LogP contribution is -2.15. The average Bonchev–Trinajstić information content (AvgIpc) is 2.57. The van der Waals surface area contributed by atoms with Crippen LogP contribution in [0.5, 0.6) is 0 Å². The summed E-state index contributed by atoms with van der Waals surface area (Å²) >= 11 is 19.9. The van der Waals surface area contributed by atoms with Gasteiger partial charge in [0.2, 0.25) is 0 Å². The van der Waals surface area contributed by atoms with Crippen LogP contribution in [-0.4, -0.2) is 11.2 Å². The van der Waals surface area contributed by atoms with Crippen LogP contribution in [0.3, 0.4) is 0 Å². The molecule has 0 saturated carbocycles. The van der Waals surface area contributed by atoms with Crippen LogP contribution in [0.4, 0.5) is 5.69 Å². The minimum absolute atomic E-state index is 0.142. The number of aryl methyl sites for hydroxylation is 1. The fourth-order valence-electron chi connectivity index (χ4n) is 2.71. The van der Waals surface area contributed by atoms with Crippen LogP contribution in [0, 0.1) is 6.92 Å². The van der Waals surface area contributed by atoms with Gasteiger partial charge in [-0.05, 0) is 49.1 Å². The van der Waals surface area contributed by atoms with Crippen molar-refractivity contribution >= 4 is 68.9 Å². The molecule has 0 unspecified atom stereocenters. The molecule has 2 N–H and O–H groups in total. The van der Waals surface area contributed by atoms with Crippen LogP contribution >= 0.6 is 46.6 Å². The van der Waals surface area contributed by atoms with Crippen molar-refractivity contribution in [3.05, 3.63) is 73.3 Å². The Morgan fingerprint density at radius 1 is 1.15 bits per heavy atom. The van der Waals surface area contributed by atoms with E-state index in [1.807, 2.05) is 25.3 Å². The monoisotopic (exact) mass is 424 g/mol. The predicted molar refractivity (Wildman–Crippen MR) is 115 cm³/mol. The highest BCUT2D eigenvalue weighted by Crippen LogP contribution is 2.31. The Balaban J connectivity index is 2.15. The molecule has 1 aromatic heterocycles. The van der Waals surface area contributed by atoms with Crippen LogP contribution in [0.15, 0.2) is 46.7 Å². The third-order valence-corrected chi connectivity index (χ3v) is 5.45. The van der Waals surface area contributed by atoms with Crippen molar-refractivity contribution in [1.82, 2.24) is 4.98 Å². The smallest absolute Gasteiger partial charge is 0.199 e. The van der Waals surface area contributed by atoms with Gasteiger partial charge in [0, 0.05) is 16.1 Å². The average molecular weight is 426 g/mol. The standard InChI is InChI=1S/C19H15Cl3N2OS/c1-9-6-12-17(14(22)7-9)24-19(26-3)16(18(12)25)10(2)23-15-5-4-11(20)8-13(15)21/h4-8,23H,2H2,1,3H3,(H,24,25). The quantitative estimate of drug-likeness (QED) is 0.463. The van der Waals surface area contributed by atoms with Gasteiger partial charge in [-0.1, -0.05) is 41.4 Å². The molecule has 7 heteroatoms. The van der Waals surface area contributed by atoms with E-state index in [2.05, 4.69) is 16.9 Å². The third-order valence-electron chi connectivity index (χ3n) is 3.89. The lowest BCUT2D eigenvalue weighted by molar-refractivity contribution is 1.15. The molecule has 0 saturated heterocycles. The van der Waals surface area contributed by atoms with Gasteiger partial charge in [-0.2, -0.15) is 0 Å². The maximum atomic E-state index is 13.1. The SMILES string of the molecule is C=C(Nc1ccc(Cl)cc1Cl)c1c(SC)[nH]c2c(Cl)cc(C)cc2c1=O. The molecule has 0 aliphatic heterocycles. The summed E-state index contributed by atoms with van der Waals surface area (Å²) in [6.45, 7) is 5.93. The normalized spacial score (nSPS) is 11.0. The highest BCUT2D eigenvalue weighted by molar-refractivity contribution is 7.98. The number of aromatic amines is 1. The zero-order chi connectivity index (χ0) is 19.0. The summed E-state index contributed by atoms with van der Waals surface area (Å²) < 4.78 is 0. The van der Waals surface area contributed by atoms with Gasteiger partial charge >= 0.3 is 0 Å². The molecule has 0 aliphatic rings. The second kappa shape index (κ2) is 7.57. The molecule has 0 amide bonds. The van der Waals surface area contributed by atoms with E-state index < -0.39 is 0 Å². The molecule has 3 rings (SSSR count). The zero-order valence-corrected chi connectivity index (χ0v) is 17.1. The summed E-state index contributed by atoms with van der Waals surface area (Å²) in [6.07, 6.45) is 1.88. The van der Waals surface area contributed by atoms with Gasteiger partial charge in [0.25, 0.3) is 0 Å². The van der Waals surface area contributed by atoms with Gasteiger partial charge in [0.05, 0.1) is 31.8 Å². The van der Waals surface area contributed by atoms with Crippen LogP contribution in [0.25, 0.3) is 16.6 Å². The molecule has 0 bridgehead atoms. The summed E-state index contributed by atoms with van der Waals surface area (Å²) in [5, 5.41) is 5.80. The van der Waals surface area contributed by atoms with Gasteiger partial charge < -0.3 is 10.3 Å². The number of hydrogen-bond acceptors (Lipinski definition) is 3. The Morgan fingerprint density at radius 2 is 1.88 bits per heavy atom. The Bertz CT molecular complexity index is 1090. The zero-order valence-electron chi connectivity index (χ0n) is 14.0. The summed E-state index contributed by atoms with van der Waals surface area (Å²) in [6, 6.07) is 8.72. The fraction of sp³-hybridized carbons (Fsp3) is 0.105. The molecule has 1 heterocycles. The number of halogens is 3. The summed E-state index contributed by atoms with van der Waals surface area (Å²) in [7, 11) is 0. The molecule has 0 atom stereocenters. The highest BCUT2D eigenvalue weighted by atomic mass is 35.5. The Labute approximate surface area is 170 Å². The Hall–Kier alpha value is -1.59. The van der Waals surface area contributed by atoms with Crippen LogP contribution in [0.1, 0.15) is 11.1 Å². The van der Waals surface area contributed by atoms with E-state index in [0.29, 0.717) is 47.9 Å². The first-order valence-corrected chi connectivity index (χ1v) is 9.99. The van der Waals surface area contributed by atoms with Gasteiger partial charge in [0.15, 0.2) is 5.43 Å². The molecule has 2 aromatic carbocycles. The predicted octanol–water partition coefficient (Wildman–Crippen LogP) is 6.60. The molecule has 0 spiro atoms. The summed E-state index contributed by atoms with van der Waals surface area (Å²) in [4.78, 5) is 16.4. The van der Waals surface area contributed by atoms with E-state index in [1.54, 1.807) is 18.2 Å². The van der Waals surface area contributed by atoms with E-state index in [9.17, 15) is 4.79 Å².